The van der Waals surface area contributed by atoms with E-state index in [-0.39, 0.29) is 31.5 Å². The zero-order valence-electron chi connectivity index (χ0n) is 10.4. The molecule has 0 bridgehead atoms. The smallest absolute Gasteiger partial charge is 0.303 e. The minimum Gasteiger partial charge on any atom is -0.481 e. The van der Waals surface area contributed by atoms with Gasteiger partial charge in [0.2, 0.25) is 0 Å². The average molecular weight is 264 g/mol. The number of benzene rings is 1. The zero-order chi connectivity index (χ0) is 14.3. The molecule has 5 heteroatoms. The van der Waals surface area contributed by atoms with Crippen LogP contribution in [0.2, 0.25) is 0 Å². The lowest BCUT2D eigenvalue weighted by atomic mass is 9.89. The molecule has 0 atom stereocenters. The van der Waals surface area contributed by atoms with Gasteiger partial charge in [-0.2, -0.15) is 0 Å². The number of hydrogen-bond acceptors (Lipinski definition) is 3. The van der Waals surface area contributed by atoms with Gasteiger partial charge in [0.1, 0.15) is 0 Å². The van der Waals surface area contributed by atoms with Crippen LogP contribution >= 0.6 is 0 Å². The summed E-state index contributed by atoms with van der Waals surface area (Å²) in [6.45, 7) is 0. The molecule has 0 aliphatic heterocycles. The Morgan fingerprint density at radius 2 is 1.37 bits per heavy atom. The van der Waals surface area contributed by atoms with E-state index in [0.717, 1.165) is 0 Å². The van der Waals surface area contributed by atoms with E-state index >= 15 is 0 Å². The molecule has 1 aromatic carbocycles. The van der Waals surface area contributed by atoms with Crippen LogP contribution in [-0.2, 0) is 9.59 Å². The minimum atomic E-state index is -0.985. The molecule has 0 fully saturated rings. The Morgan fingerprint density at radius 3 is 1.79 bits per heavy atom. The maximum atomic E-state index is 12.2. The number of carboxylic acids is 2. The van der Waals surface area contributed by atoms with E-state index < -0.39 is 17.9 Å². The highest BCUT2D eigenvalue weighted by atomic mass is 16.4. The summed E-state index contributed by atoms with van der Waals surface area (Å²) in [5.74, 6) is -2.72. The maximum Gasteiger partial charge on any atom is 0.303 e. The molecule has 102 valence electrons. The second-order valence-corrected chi connectivity index (χ2v) is 4.29. The van der Waals surface area contributed by atoms with Crippen LogP contribution in [-0.4, -0.2) is 27.9 Å². The number of hydrogen-bond donors (Lipinski definition) is 2. The van der Waals surface area contributed by atoms with Crippen molar-refractivity contribution in [2.75, 3.05) is 0 Å². The first-order valence-corrected chi connectivity index (χ1v) is 6.03. The van der Waals surface area contributed by atoms with Crippen molar-refractivity contribution in [2.45, 2.75) is 25.7 Å². The fourth-order valence-electron chi connectivity index (χ4n) is 1.84. The first-order valence-electron chi connectivity index (χ1n) is 6.03. The lowest BCUT2D eigenvalue weighted by Gasteiger charge is -2.13. The van der Waals surface area contributed by atoms with Crippen LogP contribution in [0.15, 0.2) is 30.3 Å². The SMILES string of the molecule is O=C(O)CCC(CCC(=O)O)C(=O)c1ccccc1. The van der Waals surface area contributed by atoms with E-state index in [1.807, 2.05) is 0 Å². The topological polar surface area (TPSA) is 91.7 Å². The Balaban J connectivity index is 2.73. The predicted octanol–water partition coefficient (Wildman–Crippen LogP) is 2.22. The summed E-state index contributed by atoms with van der Waals surface area (Å²) in [6, 6.07) is 8.52. The molecule has 1 rings (SSSR count). The number of carbonyl (C=O) groups is 3. The summed E-state index contributed by atoms with van der Waals surface area (Å²) in [6.07, 6.45) is 0.0540. The largest absolute Gasteiger partial charge is 0.481 e. The number of rotatable bonds is 8. The van der Waals surface area contributed by atoms with Gasteiger partial charge in [0, 0.05) is 24.3 Å². The fourth-order valence-corrected chi connectivity index (χ4v) is 1.84. The number of Topliss-reactive ketones (excluding diaryl/α,β-unsaturated/α-hetero) is 1. The van der Waals surface area contributed by atoms with Crippen molar-refractivity contribution < 1.29 is 24.6 Å². The molecule has 2 N–H and O–H groups in total. The van der Waals surface area contributed by atoms with Crippen molar-refractivity contribution in [2.24, 2.45) is 5.92 Å². The van der Waals surface area contributed by atoms with Gasteiger partial charge in [-0.1, -0.05) is 30.3 Å². The van der Waals surface area contributed by atoms with Crippen LogP contribution in [0.4, 0.5) is 0 Å². The van der Waals surface area contributed by atoms with E-state index in [9.17, 15) is 14.4 Å². The van der Waals surface area contributed by atoms with Crippen molar-refractivity contribution in [3.05, 3.63) is 35.9 Å². The molecule has 0 aliphatic rings. The Hall–Kier alpha value is -2.17. The second-order valence-electron chi connectivity index (χ2n) is 4.29. The van der Waals surface area contributed by atoms with Crippen molar-refractivity contribution >= 4 is 17.7 Å². The van der Waals surface area contributed by atoms with Crippen molar-refractivity contribution in [1.29, 1.82) is 0 Å². The summed E-state index contributed by atoms with van der Waals surface area (Å²) < 4.78 is 0. The number of aliphatic carboxylic acids is 2. The molecule has 0 unspecified atom stereocenters. The van der Waals surface area contributed by atoms with Gasteiger partial charge in [0.25, 0.3) is 0 Å². The van der Waals surface area contributed by atoms with Gasteiger partial charge in [-0.3, -0.25) is 14.4 Å². The molecule has 0 amide bonds. The third-order valence-electron chi connectivity index (χ3n) is 2.84. The highest BCUT2D eigenvalue weighted by Gasteiger charge is 2.21. The lowest BCUT2D eigenvalue weighted by Crippen LogP contribution is -2.17. The normalized spacial score (nSPS) is 10.4. The molecule has 0 heterocycles. The van der Waals surface area contributed by atoms with Crippen LogP contribution in [0.25, 0.3) is 0 Å². The summed E-state index contributed by atoms with van der Waals surface area (Å²) in [5.41, 5.74) is 0.489. The quantitative estimate of drug-likeness (QED) is 0.702. The Labute approximate surface area is 110 Å². The van der Waals surface area contributed by atoms with Gasteiger partial charge < -0.3 is 10.2 Å². The third kappa shape index (κ3) is 5.33. The second kappa shape index (κ2) is 7.31. The first-order chi connectivity index (χ1) is 9.00. The van der Waals surface area contributed by atoms with Crippen LogP contribution < -0.4 is 0 Å². The van der Waals surface area contributed by atoms with Gasteiger partial charge in [-0.25, -0.2) is 0 Å². The Kier molecular flexibility index (Phi) is 5.73. The molecule has 0 aliphatic carbocycles. The van der Waals surface area contributed by atoms with Crippen molar-refractivity contribution in [1.82, 2.24) is 0 Å². The average Bonchev–Trinajstić information content (AvgIpc) is 2.38. The van der Waals surface area contributed by atoms with E-state index in [2.05, 4.69) is 0 Å². The van der Waals surface area contributed by atoms with Gasteiger partial charge in [0.05, 0.1) is 0 Å². The molecule has 19 heavy (non-hydrogen) atoms. The van der Waals surface area contributed by atoms with E-state index in [0.29, 0.717) is 5.56 Å². The van der Waals surface area contributed by atoms with Crippen LogP contribution in [0.3, 0.4) is 0 Å². The van der Waals surface area contributed by atoms with Crippen LogP contribution in [0, 0.1) is 5.92 Å². The molecular weight excluding hydrogens is 248 g/mol. The molecule has 0 spiro atoms. The zero-order valence-corrected chi connectivity index (χ0v) is 10.4. The molecule has 0 aromatic heterocycles. The minimum absolute atomic E-state index is 0.136. The van der Waals surface area contributed by atoms with E-state index in [4.69, 9.17) is 10.2 Å². The maximum absolute atomic E-state index is 12.2. The van der Waals surface area contributed by atoms with Crippen molar-refractivity contribution in [3.63, 3.8) is 0 Å². The molecule has 1 aromatic rings. The molecule has 0 saturated carbocycles. The van der Waals surface area contributed by atoms with Gasteiger partial charge in [-0.05, 0) is 12.8 Å². The molecule has 0 radical (unpaired) electrons. The summed E-state index contributed by atoms with van der Waals surface area (Å²) in [4.78, 5) is 33.3. The molecule has 0 saturated heterocycles. The monoisotopic (exact) mass is 264 g/mol. The summed E-state index contributed by atoms with van der Waals surface area (Å²) >= 11 is 0. The number of ketones is 1. The highest BCUT2D eigenvalue weighted by Crippen LogP contribution is 2.19. The van der Waals surface area contributed by atoms with Gasteiger partial charge in [-0.15, -0.1) is 0 Å². The Bertz CT molecular complexity index is 434. The number of carboxylic acid groups (broad SMARTS) is 2. The molecule has 5 nitrogen and oxygen atoms in total. The van der Waals surface area contributed by atoms with E-state index in [1.165, 1.54) is 0 Å². The highest BCUT2D eigenvalue weighted by molar-refractivity contribution is 5.98. The first kappa shape index (κ1) is 14.9. The van der Waals surface area contributed by atoms with Gasteiger partial charge >= 0.3 is 11.9 Å². The Morgan fingerprint density at radius 1 is 0.895 bits per heavy atom. The van der Waals surface area contributed by atoms with Crippen LogP contribution in [0.5, 0.6) is 0 Å². The lowest BCUT2D eigenvalue weighted by molar-refractivity contribution is -0.137. The summed E-state index contributed by atoms with van der Waals surface area (Å²) in [5, 5.41) is 17.3. The van der Waals surface area contributed by atoms with Crippen molar-refractivity contribution in [3.8, 4) is 0 Å². The molecular formula is C14H16O5. The predicted molar refractivity (Wildman–Crippen MR) is 68.0 cm³/mol. The van der Waals surface area contributed by atoms with Gasteiger partial charge in [0.15, 0.2) is 5.78 Å². The number of carbonyl (C=O) groups excluding carboxylic acids is 1. The third-order valence-corrected chi connectivity index (χ3v) is 2.84. The standard InChI is InChI=1S/C14H16O5/c15-12(16)8-6-11(7-9-13(17)18)14(19)10-4-2-1-3-5-10/h1-5,11H,6-9H2,(H,15,16)(H,17,18). The van der Waals surface area contributed by atoms with Crippen LogP contribution in [0.1, 0.15) is 36.0 Å². The van der Waals surface area contributed by atoms with E-state index in [1.54, 1.807) is 30.3 Å². The fraction of sp³-hybridized carbons (Fsp3) is 0.357. The summed E-state index contributed by atoms with van der Waals surface area (Å²) in [7, 11) is 0.